The van der Waals surface area contributed by atoms with Crippen LogP contribution in [0.25, 0.3) is 0 Å². The van der Waals surface area contributed by atoms with Gasteiger partial charge in [0.15, 0.2) is 0 Å². The molecule has 1 nitrogen and oxygen atoms in total. The van der Waals surface area contributed by atoms with E-state index in [1.54, 1.807) is 6.07 Å². The third-order valence-electron chi connectivity index (χ3n) is 0.957. The van der Waals surface area contributed by atoms with Crippen molar-refractivity contribution >= 4 is 23.2 Å². The molecule has 0 atom stereocenters. The molecule has 0 bridgehead atoms. The van der Waals surface area contributed by atoms with Crippen molar-refractivity contribution < 1.29 is 0 Å². The maximum Gasteiger partial charge on any atom is 0.0967 e. The van der Waals surface area contributed by atoms with Crippen LogP contribution >= 0.6 is 23.2 Å². The molecule has 0 rings (SSSR count). The van der Waals surface area contributed by atoms with Crippen molar-refractivity contribution in [2.24, 2.45) is 0 Å². The summed E-state index contributed by atoms with van der Waals surface area (Å²) in [5.41, 5.74) is 0. The molecular formula is C9H19Cl2N. The zero-order valence-electron chi connectivity index (χ0n) is 8.24. The molecule has 12 heavy (non-hydrogen) atoms. The van der Waals surface area contributed by atoms with E-state index in [0.29, 0.717) is 0 Å². The second-order valence-electron chi connectivity index (χ2n) is 2.03. The van der Waals surface area contributed by atoms with E-state index in [9.17, 15) is 0 Å². The van der Waals surface area contributed by atoms with Gasteiger partial charge in [-0.05, 0) is 0 Å². The van der Waals surface area contributed by atoms with E-state index in [0.717, 1.165) is 0 Å². The van der Waals surface area contributed by atoms with Crippen molar-refractivity contribution in [2.45, 2.75) is 46.5 Å². The minimum atomic E-state index is 0.194. The highest BCUT2D eigenvalue weighted by atomic mass is 35.5. The first-order chi connectivity index (χ1) is 5.74. The van der Waals surface area contributed by atoms with Gasteiger partial charge in [-0.15, -0.1) is 23.2 Å². The molecule has 0 radical (unpaired) electrons. The van der Waals surface area contributed by atoms with E-state index in [1.807, 2.05) is 0 Å². The molecule has 0 spiro atoms. The number of unbranched alkanes of at least 4 members (excludes halogenated alkanes) is 3. The number of rotatable bonds is 3. The van der Waals surface area contributed by atoms with Crippen LogP contribution < -0.4 is 0 Å². The number of alkyl halides is 2. The van der Waals surface area contributed by atoms with Crippen LogP contribution in [0.4, 0.5) is 0 Å². The lowest BCUT2D eigenvalue weighted by Gasteiger charge is -1.86. The van der Waals surface area contributed by atoms with Crippen LogP contribution in [-0.4, -0.2) is 5.34 Å². The maximum absolute atomic E-state index is 7.32. The zero-order chi connectivity index (χ0) is 10.2. The molecule has 0 aromatic heterocycles. The lowest BCUT2D eigenvalue weighted by Crippen LogP contribution is -1.66. The first-order valence-electron chi connectivity index (χ1n) is 4.17. The van der Waals surface area contributed by atoms with Crippen LogP contribution in [0, 0.1) is 11.3 Å². The predicted molar refractivity (Wildman–Crippen MR) is 57.7 cm³/mol. The summed E-state index contributed by atoms with van der Waals surface area (Å²) >= 11 is 9.53. The van der Waals surface area contributed by atoms with Crippen LogP contribution in [0.15, 0.2) is 0 Å². The Morgan fingerprint density at radius 3 is 1.33 bits per heavy atom. The summed E-state index contributed by atoms with van der Waals surface area (Å²) in [6.45, 7) is 5.89. The average Bonchev–Trinajstić information content (AvgIpc) is 2.04. The van der Waals surface area contributed by atoms with Crippen molar-refractivity contribution in [1.82, 2.24) is 0 Å². The Labute approximate surface area is 86.7 Å². The summed E-state index contributed by atoms with van der Waals surface area (Å²) in [7, 11) is 0. The molecule has 0 fully saturated rings. The molecule has 0 heterocycles. The number of nitrogens with zero attached hydrogens (tertiary/aromatic N) is 1. The molecule has 0 aliphatic heterocycles. The Morgan fingerprint density at radius 2 is 1.25 bits per heavy atom. The van der Waals surface area contributed by atoms with Crippen LogP contribution in [0.3, 0.4) is 0 Å². The van der Waals surface area contributed by atoms with Crippen molar-refractivity contribution in [3.05, 3.63) is 0 Å². The summed E-state index contributed by atoms with van der Waals surface area (Å²) in [6.07, 6.45) is 5.54. The fourth-order valence-corrected chi connectivity index (χ4v) is 0.500. The molecule has 0 aromatic rings. The van der Waals surface area contributed by atoms with E-state index in [2.05, 4.69) is 13.8 Å². The van der Waals surface area contributed by atoms with Gasteiger partial charge < -0.3 is 0 Å². The first-order valence-corrected chi connectivity index (χ1v) is 5.24. The third kappa shape index (κ3) is 87.9. The average molecular weight is 212 g/mol. The molecule has 0 aromatic carbocycles. The van der Waals surface area contributed by atoms with Gasteiger partial charge in [-0.2, -0.15) is 5.26 Å². The van der Waals surface area contributed by atoms with Gasteiger partial charge in [0.1, 0.15) is 0 Å². The molecule has 0 N–H and O–H groups in total. The van der Waals surface area contributed by atoms with Crippen LogP contribution in [-0.2, 0) is 0 Å². The molecule has 0 aliphatic rings. The summed E-state index contributed by atoms with van der Waals surface area (Å²) in [4.78, 5) is 0. The topological polar surface area (TPSA) is 23.8 Å². The molecular weight excluding hydrogens is 193 g/mol. The van der Waals surface area contributed by atoms with Gasteiger partial charge in [-0.3, -0.25) is 0 Å². The number of hydrogen-bond donors (Lipinski definition) is 0. The van der Waals surface area contributed by atoms with E-state index < -0.39 is 0 Å². The normalized spacial score (nSPS) is 6.67. The summed E-state index contributed by atoms with van der Waals surface area (Å²) in [5, 5.41) is 7.51. The molecule has 0 aliphatic carbocycles. The smallest absolute Gasteiger partial charge is 0.0967 e. The van der Waals surface area contributed by atoms with E-state index >= 15 is 0 Å². The van der Waals surface area contributed by atoms with Gasteiger partial charge in [-0.1, -0.05) is 39.5 Å². The summed E-state index contributed by atoms with van der Waals surface area (Å²) in [6, 6.07) is 1.75. The lowest BCUT2D eigenvalue weighted by molar-refractivity contribution is 0.702. The lowest BCUT2D eigenvalue weighted by atomic mass is 10.2. The standard InChI is InChI=1S/C6H14.C2H3N.CH2Cl2/c1-3-5-6-4-2;1-2-3;2-1-3/h3-6H2,1-2H3;1H3;1H2. The van der Waals surface area contributed by atoms with Crippen molar-refractivity contribution in [3.63, 3.8) is 0 Å². The Bertz CT molecular complexity index is 75.1. The van der Waals surface area contributed by atoms with Gasteiger partial charge >= 0.3 is 0 Å². The minimum absolute atomic E-state index is 0.194. The maximum atomic E-state index is 7.32. The molecule has 0 unspecified atom stereocenters. The molecule has 3 heteroatoms. The van der Waals surface area contributed by atoms with Gasteiger partial charge in [0, 0.05) is 6.92 Å². The highest BCUT2D eigenvalue weighted by Crippen LogP contribution is 1.95. The Kier molecular flexibility index (Phi) is 45.6. The monoisotopic (exact) mass is 211 g/mol. The Morgan fingerprint density at radius 1 is 1.08 bits per heavy atom. The minimum Gasteiger partial charge on any atom is -0.199 e. The summed E-state index contributed by atoms with van der Waals surface area (Å²) in [5.74, 6) is 0. The third-order valence-corrected chi connectivity index (χ3v) is 0.957. The fraction of sp³-hybridized carbons (Fsp3) is 0.889. The van der Waals surface area contributed by atoms with Crippen LogP contribution in [0.1, 0.15) is 46.5 Å². The molecule has 74 valence electrons. The largest absolute Gasteiger partial charge is 0.199 e. The van der Waals surface area contributed by atoms with Crippen molar-refractivity contribution in [1.29, 1.82) is 5.26 Å². The predicted octanol–water partition coefficient (Wildman–Crippen LogP) is 4.54. The van der Waals surface area contributed by atoms with Crippen molar-refractivity contribution in [2.75, 3.05) is 5.34 Å². The Balaban J connectivity index is -0.000000115. The zero-order valence-corrected chi connectivity index (χ0v) is 9.75. The highest BCUT2D eigenvalue weighted by molar-refractivity contribution is 6.40. The van der Waals surface area contributed by atoms with Crippen molar-refractivity contribution in [3.8, 4) is 6.07 Å². The second-order valence-corrected chi connectivity index (χ2v) is 2.84. The van der Waals surface area contributed by atoms with E-state index in [1.165, 1.54) is 32.6 Å². The van der Waals surface area contributed by atoms with Gasteiger partial charge in [0.05, 0.1) is 11.4 Å². The highest BCUT2D eigenvalue weighted by Gasteiger charge is 1.75. The molecule has 0 amide bonds. The fourth-order valence-electron chi connectivity index (χ4n) is 0.500. The van der Waals surface area contributed by atoms with Crippen LogP contribution in [0.2, 0.25) is 0 Å². The first kappa shape index (κ1) is 18.0. The molecule has 0 saturated heterocycles. The second kappa shape index (κ2) is 30.5. The number of hydrogen-bond acceptors (Lipinski definition) is 1. The summed E-state index contributed by atoms with van der Waals surface area (Å²) < 4.78 is 0. The Hall–Kier alpha value is 0.0700. The SMILES string of the molecule is CC#N.CCCCCC.ClCCl. The van der Waals surface area contributed by atoms with Gasteiger partial charge in [0.25, 0.3) is 0 Å². The van der Waals surface area contributed by atoms with Gasteiger partial charge in [0.2, 0.25) is 0 Å². The quantitative estimate of drug-likeness (QED) is 0.497. The van der Waals surface area contributed by atoms with Crippen LogP contribution in [0.5, 0.6) is 0 Å². The van der Waals surface area contributed by atoms with E-state index in [4.69, 9.17) is 28.5 Å². The molecule has 0 saturated carbocycles. The van der Waals surface area contributed by atoms with E-state index in [-0.39, 0.29) is 5.34 Å². The number of nitriles is 1. The van der Waals surface area contributed by atoms with Gasteiger partial charge in [-0.25, -0.2) is 0 Å². The number of halogens is 2.